The minimum absolute atomic E-state index is 0.0996. The van der Waals surface area contributed by atoms with Gasteiger partial charge in [-0.2, -0.15) is 5.10 Å². The van der Waals surface area contributed by atoms with Gasteiger partial charge >= 0.3 is 5.97 Å². The Labute approximate surface area is 101 Å². The highest BCUT2D eigenvalue weighted by molar-refractivity contribution is 9.12. The number of hydrogen-bond acceptors (Lipinski definition) is 5. The molecular weight excluding hydrogens is 281 g/mol. The Morgan fingerprint density at radius 2 is 2.50 bits per heavy atom. The molecular formula is C9H11BrFN3O2. The Morgan fingerprint density at radius 3 is 3.06 bits per heavy atom. The fourth-order valence-electron chi connectivity index (χ4n) is 1.02. The molecule has 0 saturated heterocycles. The Bertz CT molecular complexity index is 381. The standard InChI is InChI=1S/C9H11BrFN3O2/c1-3-16-9(15)8(11)14-5(2)7(10)6(12)4-13-14/h4,8H,2-3,12H2,1H3. The number of nitrogens with zero attached hydrogens (tertiary/aromatic N) is 2. The normalized spacial score (nSPS) is 17.7. The van der Waals surface area contributed by atoms with Crippen LogP contribution in [-0.2, 0) is 9.53 Å². The maximum atomic E-state index is 13.6. The third-order valence-electron chi connectivity index (χ3n) is 1.80. The fraction of sp³-hybridized carbons (Fsp3) is 0.333. The zero-order valence-corrected chi connectivity index (χ0v) is 10.2. The summed E-state index contributed by atoms with van der Waals surface area (Å²) in [5.74, 6) is -1.01. The highest BCUT2D eigenvalue weighted by Crippen LogP contribution is 2.27. The van der Waals surface area contributed by atoms with Crippen LogP contribution in [0.4, 0.5) is 4.39 Å². The van der Waals surface area contributed by atoms with Crippen LogP contribution in [0.1, 0.15) is 6.92 Å². The van der Waals surface area contributed by atoms with E-state index in [1.807, 2.05) is 0 Å². The summed E-state index contributed by atoms with van der Waals surface area (Å²) in [6.07, 6.45) is -0.797. The predicted octanol–water partition coefficient (Wildman–Crippen LogP) is 1.23. The highest BCUT2D eigenvalue weighted by Gasteiger charge is 2.30. The van der Waals surface area contributed by atoms with Crippen molar-refractivity contribution in [3.63, 3.8) is 0 Å². The Balaban J connectivity index is 2.81. The van der Waals surface area contributed by atoms with Crippen LogP contribution >= 0.6 is 15.9 Å². The minimum Gasteiger partial charge on any atom is -0.462 e. The molecule has 0 radical (unpaired) electrons. The molecule has 0 aromatic heterocycles. The summed E-state index contributed by atoms with van der Waals surface area (Å²) in [5.41, 5.74) is 6.01. The molecule has 0 aromatic rings. The van der Waals surface area contributed by atoms with Gasteiger partial charge in [-0.15, -0.1) is 0 Å². The molecule has 1 aliphatic rings. The predicted molar refractivity (Wildman–Crippen MR) is 61.1 cm³/mol. The molecule has 0 amide bonds. The number of alkyl halides is 1. The third-order valence-corrected chi connectivity index (χ3v) is 2.72. The molecule has 16 heavy (non-hydrogen) atoms. The smallest absolute Gasteiger partial charge is 0.363 e. The van der Waals surface area contributed by atoms with E-state index in [0.29, 0.717) is 10.2 Å². The van der Waals surface area contributed by atoms with Crippen molar-refractivity contribution in [3.8, 4) is 0 Å². The molecule has 1 rings (SSSR count). The van der Waals surface area contributed by atoms with Gasteiger partial charge in [-0.1, -0.05) is 6.58 Å². The molecule has 1 atom stereocenters. The number of halogens is 2. The van der Waals surface area contributed by atoms with Crippen molar-refractivity contribution in [2.24, 2.45) is 10.8 Å². The van der Waals surface area contributed by atoms with Crippen LogP contribution in [-0.4, -0.2) is 30.1 Å². The van der Waals surface area contributed by atoms with E-state index in [0.717, 1.165) is 5.01 Å². The van der Waals surface area contributed by atoms with E-state index in [9.17, 15) is 9.18 Å². The van der Waals surface area contributed by atoms with E-state index in [4.69, 9.17) is 5.73 Å². The third kappa shape index (κ3) is 2.41. The summed E-state index contributed by atoms with van der Waals surface area (Å²) >= 11 is 3.12. The second kappa shape index (κ2) is 5.11. The molecule has 0 bridgehead atoms. The summed E-state index contributed by atoms with van der Waals surface area (Å²) in [7, 11) is 0. The number of nitrogens with two attached hydrogens (primary N) is 1. The molecule has 2 N–H and O–H groups in total. The Hall–Kier alpha value is -1.37. The van der Waals surface area contributed by atoms with E-state index in [1.54, 1.807) is 6.92 Å². The largest absolute Gasteiger partial charge is 0.462 e. The van der Waals surface area contributed by atoms with Crippen molar-refractivity contribution in [1.82, 2.24) is 5.01 Å². The van der Waals surface area contributed by atoms with Gasteiger partial charge in [-0.3, -0.25) is 0 Å². The van der Waals surface area contributed by atoms with E-state index in [1.165, 1.54) is 6.21 Å². The molecule has 5 nitrogen and oxygen atoms in total. The molecule has 1 heterocycles. The maximum Gasteiger partial charge on any atom is 0.363 e. The molecule has 88 valence electrons. The summed E-state index contributed by atoms with van der Waals surface area (Å²) in [5, 5.41) is 4.47. The summed E-state index contributed by atoms with van der Waals surface area (Å²) in [6.45, 7) is 5.26. The van der Waals surface area contributed by atoms with E-state index in [-0.39, 0.29) is 12.3 Å². The van der Waals surface area contributed by atoms with Crippen molar-refractivity contribution in [2.45, 2.75) is 13.2 Å². The number of ether oxygens (including phenoxy) is 1. The first-order chi connectivity index (χ1) is 7.49. The second-order valence-electron chi connectivity index (χ2n) is 2.89. The van der Waals surface area contributed by atoms with Gasteiger partial charge in [0.05, 0.1) is 28.7 Å². The van der Waals surface area contributed by atoms with Crippen molar-refractivity contribution in [1.29, 1.82) is 0 Å². The molecule has 0 fully saturated rings. The van der Waals surface area contributed by atoms with Crippen molar-refractivity contribution >= 4 is 28.1 Å². The van der Waals surface area contributed by atoms with Gasteiger partial charge in [0.2, 0.25) is 0 Å². The molecule has 0 spiro atoms. The van der Waals surface area contributed by atoms with Crippen LogP contribution in [0, 0.1) is 0 Å². The lowest BCUT2D eigenvalue weighted by Gasteiger charge is -2.26. The van der Waals surface area contributed by atoms with E-state index < -0.39 is 12.3 Å². The second-order valence-corrected chi connectivity index (χ2v) is 3.69. The Kier molecular flexibility index (Phi) is 4.05. The van der Waals surface area contributed by atoms with Crippen LogP contribution in [0.3, 0.4) is 0 Å². The maximum absolute atomic E-state index is 13.6. The first-order valence-electron chi connectivity index (χ1n) is 4.47. The number of hydrazone groups is 1. The SMILES string of the molecule is C=C1C(Br)=C(N)C=NN1C(F)C(=O)OCC. The number of allylic oxidation sites excluding steroid dienone is 2. The van der Waals surface area contributed by atoms with Gasteiger partial charge in [-0.25, -0.2) is 14.2 Å². The number of rotatable bonds is 3. The topological polar surface area (TPSA) is 67.9 Å². The minimum atomic E-state index is -2.02. The first-order valence-corrected chi connectivity index (χ1v) is 5.26. The van der Waals surface area contributed by atoms with Crippen molar-refractivity contribution < 1.29 is 13.9 Å². The highest BCUT2D eigenvalue weighted by atomic mass is 79.9. The van der Waals surface area contributed by atoms with Crippen LogP contribution in [0.25, 0.3) is 0 Å². The number of hydrogen-bond donors (Lipinski definition) is 1. The summed E-state index contributed by atoms with van der Waals surface area (Å²) in [4.78, 5) is 11.2. The van der Waals surface area contributed by atoms with E-state index in [2.05, 4.69) is 32.3 Å². The fourth-order valence-corrected chi connectivity index (χ4v) is 1.31. The Morgan fingerprint density at radius 1 is 1.88 bits per heavy atom. The van der Waals surface area contributed by atoms with Crippen LogP contribution < -0.4 is 5.73 Å². The summed E-state index contributed by atoms with van der Waals surface area (Å²) in [6, 6.07) is 0. The van der Waals surface area contributed by atoms with Gasteiger partial charge in [0.25, 0.3) is 6.30 Å². The van der Waals surface area contributed by atoms with Gasteiger partial charge in [0.15, 0.2) is 0 Å². The zero-order valence-electron chi connectivity index (χ0n) is 8.61. The first kappa shape index (κ1) is 12.7. The molecule has 1 unspecified atom stereocenters. The molecule has 0 aromatic carbocycles. The lowest BCUT2D eigenvalue weighted by atomic mass is 10.3. The van der Waals surface area contributed by atoms with E-state index >= 15 is 0 Å². The average Bonchev–Trinajstić information content (AvgIpc) is 2.26. The van der Waals surface area contributed by atoms with Gasteiger partial charge in [0, 0.05) is 0 Å². The van der Waals surface area contributed by atoms with Crippen LogP contribution in [0.2, 0.25) is 0 Å². The molecule has 0 aliphatic carbocycles. The van der Waals surface area contributed by atoms with Gasteiger partial charge in [-0.05, 0) is 22.9 Å². The zero-order chi connectivity index (χ0) is 12.3. The molecule has 1 aliphatic heterocycles. The van der Waals surface area contributed by atoms with Crippen molar-refractivity contribution in [3.05, 3.63) is 22.5 Å². The lowest BCUT2D eigenvalue weighted by molar-refractivity contribution is -0.155. The monoisotopic (exact) mass is 291 g/mol. The number of carbonyl (C=O) groups is 1. The van der Waals surface area contributed by atoms with Crippen LogP contribution in [0.15, 0.2) is 27.6 Å². The quantitative estimate of drug-likeness (QED) is 0.627. The molecule has 0 saturated carbocycles. The number of carbonyl (C=O) groups excluding carboxylic acids is 1. The molecule has 7 heteroatoms. The van der Waals surface area contributed by atoms with Gasteiger partial charge in [0.1, 0.15) is 0 Å². The summed E-state index contributed by atoms with van der Waals surface area (Å²) < 4.78 is 18.5. The number of esters is 1. The van der Waals surface area contributed by atoms with Crippen molar-refractivity contribution in [2.75, 3.05) is 6.61 Å². The van der Waals surface area contributed by atoms with Gasteiger partial charge < -0.3 is 10.5 Å². The average molecular weight is 292 g/mol. The van der Waals surface area contributed by atoms with Crippen LogP contribution in [0.5, 0.6) is 0 Å². The lowest BCUT2D eigenvalue weighted by Crippen LogP contribution is -2.37.